The third-order valence-electron chi connectivity index (χ3n) is 3.21. The molecule has 1 aromatic rings. The average Bonchev–Trinajstić information content (AvgIpc) is 2.37. The van der Waals surface area contributed by atoms with Gasteiger partial charge in [-0.05, 0) is 29.7 Å². The number of nitrogens with zero attached hydrogens (tertiary/aromatic N) is 1. The minimum Gasteiger partial charge on any atom is -0.375 e. The van der Waals surface area contributed by atoms with Crippen molar-refractivity contribution < 1.29 is 17.9 Å². The summed E-state index contributed by atoms with van der Waals surface area (Å²) in [7, 11) is -1.73. The number of ether oxygens (including phenoxy) is 1. The van der Waals surface area contributed by atoms with E-state index < -0.39 is 10.0 Å². The number of amides is 1. The van der Waals surface area contributed by atoms with E-state index in [4.69, 9.17) is 4.74 Å². The highest BCUT2D eigenvalue weighted by molar-refractivity contribution is 7.88. The molecule has 0 bridgehead atoms. The Hall–Kier alpha value is -1.44. The molecule has 110 valence electrons. The molecule has 20 heavy (non-hydrogen) atoms. The predicted octanol–water partition coefficient (Wildman–Crippen LogP) is 0.589. The standard InChI is InChI=1S/C13H18N2O4S/c1-19-9-13(16)14-12-4-3-10-5-6-15(20(2,17)18)8-11(10)7-12/h3-4,7H,5-6,8-9H2,1-2H3,(H,14,16). The van der Waals surface area contributed by atoms with Gasteiger partial charge in [0.25, 0.3) is 0 Å². The zero-order valence-corrected chi connectivity index (χ0v) is 12.4. The maximum Gasteiger partial charge on any atom is 0.250 e. The lowest BCUT2D eigenvalue weighted by Crippen LogP contribution is -2.35. The summed E-state index contributed by atoms with van der Waals surface area (Å²) in [5.41, 5.74) is 2.70. The Morgan fingerprint density at radius 3 is 2.80 bits per heavy atom. The van der Waals surface area contributed by atoms with E-state index in [2.05, 4.69) is 5.32 Å². The van der Waals surface area contributed by atoms with Crippen LogP contribution in [0.25, 0.3) is 0 Å². The van der Waals surface area contributed by atoms with E-state index >= 15 is 0 Å². The minimum absolute atomic E-state index is 0.00739. The number of hydrogen-bond acceptors (Lipinski definition) is 4. The van der Waals surface area contributed by atoms with Crippen molar-refractivity contribution in [2.24, 2.45) is 0 Å². The SMILES string of the molecule is COCC(=O)Nc1ccc2c(c1)CN(S(C)(=O)=O)CC2. The number of nitrogens with one attached hydrogen (secondary N) is 1. The van der Waals surface area contributed by atoms with Crippen LogP contribution in [-0.4, -0.2) is 45.1 Å². The van der Waals surface area contributed by atoms with Crippen molar-refractivity contribution in [2.45, 2.75) is 13.0 Å². The highest BCUT2D eigenvalue weighted by atomic mass is 32.2. The van der Waals surface area contributed by atoms with Gasteiger partial charge in [-0.1, -0.05) is 6.07 Å². The fraction of sp³-hybridized carbons (Fsp3) is 0.462. The topological polar surface area (TPSA) is 75.7 Å². The van der Waals surface area contributed by atoms with Crippen LogP contribution < -0.4 is 5.32 Å². The molecule has 1 aliphatic heterocycles. The number of anilines is 1. The fourth-order valence-corrected chi connectivity index (χ4v) is 3.02. The van der Waals surface area contributed by atoms with Crippen molar-refractivity contribution in [2.75, 3.05) is 31.8 Å². The van der Waals surface area contributed by atoms with Gasteiger partial charge in [0.1, 0.15) is 6.61 Å². The molecule has 0 aliphatic carbocycles. The van der Waals surface area contributed by atoms with Gasteiger partial charge < -0.3 is 10.1 Å². The second-order valence-corrected chi connectivity index (χ2v) is 6.79. The van der Waals surface area contributed by atoms with Crippen LogP contribution in [0.5, 0.6) is 0 Å². The zero-order chi connectivity index (χ0) is 14.8. The van der Waals surface area contributed by atoms with Crippen molar-refractivity contribution in [3.8, 4) is 0 Å². The first kappa shape index (κ1) is 15.0. The van der Waals surface area contributed by atoms with Gasteiger partial charge in [0.15, 0.2) is 0 Å². The van der Waals surface area contributed by atoms with E-state index in [0.717, 1.165) is 11.1 Å². The van der Waals surface area contributed by atoms with Gasteiger partial charge in [0.2, 0.25) is 15.9 Å². The lowest BCUT2D eigenvalue weighted by atomic mass is 10.0. The first-order chi connectivity index (χ1) is 9.40. The maximum absolute atomic E-state index is 11.6. The Kier molecular flexibility index (Phi) is 4.42. The third-order valence-corrected chi connectivity index (χ3v) is 4.46. The summed E-state index contributed by atoms with van der Waals surface area (Å²) in [4.78, 5) is 11.5. The minimum atomic E-state index is -3.19. The van der Waals surface area contributed by atoms with Crippen LogP contribution >= 0.6 is 0 Å². The summed E-state index contributed by atoms with van der Waals surface area (Å²) in [6, 6.07) is 5.57. The van der Waals surface area contributed by atoms with Gasteiger partial charge in [0.05, 0.1) is 6.26 Å². The van der Waals surface area contributed by atoms with E-state index in [9.17, 15) is 13.2 Å². The molecule has 6 nitrogen and oxygen atoms in total. The Bertz CT molecular complexity index is 613. The Labute approximate surface area is 118 Å². The molecule has 0 radical (unpaired) electrons. The largest absolute Gasteiger partial charge is 0.375 e. The van der Waals surface area contributed by atoms with Gasteiger partial charge in [-0.2, -0.15) is 4.31 Å². The molecule has 0 saturated heterocycles. The molecule has 0 saturated carbocycles. The van der Waals surface area contributed by atoms with Crippen molar-refractivity contribution in [1.29, 1.82) is 0 Å². The lowest BCUT2D eigenvalue weighted by Gasteiger charge is -2.27. The third kappa shape index (κ3) is 3.56. The Morgan fingerprint density at radius 1 is 1.40 bits per heavy atom. The van der Waals surface area contributed by atoms with Crippen molar-refractivity contribution in [3.05, 3.63) is 29.3 Å². The lowest BCUT2D eigenvalue weighted by molar-refractivity contribution is -0.119. The molecular formula is C13H18N2O4S. The van der Waals surface area contributed by atoms with Crippen LogP contribution in [0.3, 0.4) is 0 Å². The van der Waals surface area contributed by atoms with Crippen molar-refractivity contribution >= 4 is 21.6 Å². The number of carbonyl (C=O) groups is 1. The maximum atomic E-state index is 11.6. The molecule has 0 unspecified atom stereocenters. The fourth-order valence-electron chi connectivity index (χ4n) is 2.22. The number of sulfonamides is 1. The summed E-state index contributed by atoms with van der Waals surface area (Å²) < 4.78 is 29.4. The van der Waals surface area contributed by atoms with Gasteiger partial charge in [-0.3, -0.25) is 4.79 Å². The van der Waals surface area contributed by atoms with Gasteiger partial charge in [0, 0.05) is 25.9 Å². The monoisotopic (exact) mass is 298 g/mol. The van der Waals surface area contributed by atoms with E-state index in [1.165, 1.54) is 17.7 Å². The highest BCUT2D eigenvalue weighted by Crippen LogP contribution is 2.24. The number of rotatable bonds is 4. The van der Waals surface area contributed by atoms with Gasteiger partial charge in [-0.25, -0.2) is 8.42 Å². The summed E-state index contributed by atoms with van der Waals surface area (Å²) in [6.45, 7) is 0.843. The van der Waals surface area contributed by atoms with Gasteiger partial charge in [-0.15, -0.1) is 0 Å². The molecule has 0 spiro atoms. The molecule has 0 atom stereocenters. The molecule has 2 rings (SSSR count). The predicted molar refractivity (Wildman–Crippen MR) is 75.9 cm³/mol. The number of methoxy groups -OCH3 is 1. The van der Waals surface area contributed by atoms with Crippen molar-refractivity contribution in [1.82, 2.24) is 4.31 Å². The smallest absolute Gasteiger partial charge is 0.250 e. The summed E-state index contributed by atoms with van der Waals surface area (Å²) in [5, 5.41) is 2.71. The number of benzene rings is 1. The van der Waals surface area contributed by atoms with E-state index in [1.54, 1.807) is 0 Å². The van der Waals surface area contributed by atoms with E-state index in [0.29, 0.717) is 25.2 Å². The van der Waals surface area contributed by atoms with Gasteiger partial charge >= 0.3 is 0 Å². The first-order valence-corrected chi connectivity index (χ1v) is 8.10. The average molecular weight is 298 g/mol. The number of hydrogen-bond donors (Lipinski definition) is 1. The van der Waals surface area contributed by atoms with E-state index in [-0.39, 0.29) is 12.5 Å². The first-order valence-electron chi connectivity index (χ1n) is 6.26. The molecule has 1 aromatic carbocycles. The molecule has 1 N–H and O–H groups in total. The van der Waals surface area contributed by atoms with Crippen LogP contribution in [0, 0.1) is 0 Å². The molecule has 1 heterocycles. The Morgan fingerprint density at radius 2 is 2.15 bits per heavy atom. The van der Waals surface area contributed by atoms with Crippen LogP contribution in [0.1, 0.15) is 11.1 Å². The second-order valence-electron chi connectivity index (χ2n) is 4.81. The molecule has 1 amide bonds. The summed E-state index contributed by atoms with van der Waals surface area (Å²) in [5.74, 6) is -0.233. The molecule has 0 fully saturated rings. The van der Waals surface area contributed by atoms with Crippen LogP contribution in [-0.2, 0) is 32.5 Å². The molecule has 0 aromatic heterocycles. The highest BCUT2D eigenvalue weighted by Gasteiger charge is 2.23. The van der Waals surface area contributed by atoms with Crippen LogP contribution in [0.15, 0.2) is 18.2 Å². The molecule has 1 aliphatic rings. The van der Waals surface area contributed by atoms with Crippen LogP contribution in [0.4, 0.5) is 5.69 Å². The van der Waals surface area contributed by atoms with Crippen molar-refractivity contribution in [3.63, 3.8) is 0 Å². The quantitative estimate of drug-likeness (QED) is 0.882. The van der Waals surface area contributed by atoms with E-state index in [1.807, 2.05) is 18.2 Å². The second kappa shape index (κ2) is 5.90. The molecular weight excluding hydrogens is 280 g/mol. The number of carbonyl (C=O) groups excluding carboxylic acids is 1. The molecule has 7 heteroatoms. The van der Waals surface area contributed by atoms with Crippen LogP contribution in [0.2, 0.25) is 0 Å². The Balaban J connectivity index is 2.17. The number of fused-ring (bicyclic) bond motifs is 1. The summed E-state index contributed by atoms with van der Waals surface area (Å²) >= 11 is 0. The summed E-state index contributed by atoms with van der Waals surface area (Å²) in [6.07, 6.45) is 1.90. The normalized spacial score (nSPS) is 15.7. The zero-order valence-electron chi connectivity index (χ0n) is 11.5.